The molecule has 174 valence electrons. The van der Waals surface area contributed by atoms with E-state index in [1.165, 1.54) is 0 Å². The monoisotopic (exact) mass is 446 g/mol. The maximum atomic E-state index is 11.6. The second kappa shape index (κ2) is 13.4. The molecule has 1 heterocycles. The summed E-state index contributed by atoms with van der Waals surface area (Å²) in [5.41, 5.74) is 0. The highest BCUT2D eigenvalue weighted by atomic mass is 16.6. The number of carbonyl (C=O) groups excluding carboxylic acids is 1. The fourth-order valence-corrected chi connectivity index (χ4v) is 2.97. The molecule has 0 saturated heterocycles. The van der Waals surface area contributed by atoms with E-state index >= 15 is 0 Å². The molecule has 0 spiro atoms. The number of fused-ring (bicyclic) bond motifs is 2. The first-order chi connectivity index (χ1) is 15.8. The van der Waals surface area contributed by atoms with Crippen molar-refractivity contribution in [1.29, 1.82) is 0 Å². The smallest absolute Gasteiger partial charge is 0.332 e. The molecule has 0 fully saturated rings. The first kappa shape index (κ1) is 23.7. The van der Waals surface area contributed by atoms with E-state index in [1.807, 2.05) is 48.5 Å². The van der Waals surface area contributed by atoms with Gasteiger partial charge in [-0.2, -0.15) is 0 Å². The van der Waals surface area contributed by atoms with Gasteiger partial charge in [-0.3, -0.25) is 0 Å². The Hall–Kier alpha value is -2.97. The summed E-state index contributed by atoms with van der Waals surface area (Å²) in [5.74, 6) is 1.97. The van der Waals surface area contributed by atoms with Gasteiger partial charge in [0.05, 0.1) is 45.6 Å². The van der Waals surface area contributed by atoms with Crippen LogP contribution in [-0.2, 0) is 19.0 Å². The lowest BCUT2D eigenvalue weighted by molar-refractivity contribution is -0.149. The number of benzene rings is 2. The zero-order valence-electron chi connectivity index (χ0n) is 18.3. The molecule has 3 rings (SSSR count). The van der Waals surface area contributed by atoms with Crippen LogP contribution in [0.15, 0.2) is 48.5 Å². The van der Waals surface area contributed by atoms with Crippen molar-refractivity contribution in [1.82, 2.24) is 0 Å². The second-order valence-corrected chi connectivity index (χ2v) is 7.01. The van der Waals surface area contributed by atoms with E-state index in [4.69, 9.17) is 33.2 Å². The van der Waals surface area contributed by atoms with E-state index in [0.29, 0.717) is 69.2 Å². The number of hydrogen-bond donors (Lipinski definition) is 0. The Morgan fingerprint density at radius 2 is 1.31 bits per heavy atom. The summed E-state index contributed by atoms with van der Waals surface area (Å²) in [6.07, 6.45) is 0. The lowest BCUT2D eigenvalue weighted by atomic mass is 10.2. The van der Waals surface area contributed by atoms with Gasteiger partial charge in [-0.15, -0.1) is 0 Å². The van der Waals surface area contributed by atoms with Crippen molar-refractivity contribution in [3.8, 4) is 23.0 Å². The quantitative estimate of drug-likeness (QED) is 0.648. The molecule has 0 aromatic heterocycles. The van der Waals surface area contributed by atoms with E-state index < -0.39 is 5.97 Å². The average molecular weight is 446 g/mol. The van der Waals surface area contributed by atoms with Gasteiger partial charge in [0.1, 0.15) is 19.8 Å². The summed E-state index contributed by atoms with van der Waals surface area (Å²) < 4.78 is 39.7. The summed E-state index contributed by atoms with van der Waals surface area (Å²) >= 11 is 0. The summed E-state index contributed by atoms with van der Waals surface area (Å²) in [4.78, 5) is 11.6. The SMILES string of the molecule is CCOC(=O)COCC1COc2ccccc2OCCOCCOc2ccccc2OC1. The minimum absolute atomic E-state index is 0.121. The van der Waals surface area contributed by atoms with Gasteiger partial charge >= 0.3 is 5.97 Å². The first-order valence-electron chi connectivity index (χ1n) is 10.8. The van der Waals surface area contributed by atoms with E-state index in [9.17, 15) is 4.79 Å². The highest BCUT2D eigenvalue weighted by Crippen LogP contribution is 2.29. The molecule has 1 aliphatic heterocycles. The Morgan fingerprint density at radius 3 is 1.81 bits per heavy atom. The Kier molecular flexibility index (Phi) is 9.95. The van der Waals surface area contributed by atoms with Gasteiger partial charge in [-0.05, 0) is 31.2 Å². The Bertz CT molecular complexity index is 770. The minimum Gasteiger partial charge on any atom is -0.489 e. The molecule has 8 heteroatoms. The third-order valence-electron chi connectivity index (χ3n) is 4.50. The van der Waals surface area contributed by atoms with E-state index in [2.05, 4.69) is 0 Å². The zero-order chi connectivity index (χ0) is 22.4. The molecule has 0 radical (unpaired) electrons. The van der Waals surface area contributed by atoms with Gasteiger partial charge in [-0.1, -0.05) is 24.3 Å². The number of carbonyl (C=O) groups is 1. The number of hydrogen-bond acceptors (Lipinski definition) is 8. The topological polar surface area (TPSA) is 81.7 Å². The van der Waals surface area contributed by atoms with Gasteiger partial charge in [0.15, 0.2) is 23.0 Å². The normalized spacial score (nSPS) is 15.7. The van der Waals surface area contributed by atoms with E-state index in [1.54, 1.807) is 6.92 Å². The molecule has 2 aromatic rings. The van der Waals surface area contributed by atoms with Crippen molar-refractivity contribution in [3.05, 3.63) is 48.5 Å². The number of rotatable bonds is 5. The van der Waals surface area contributed by atoms with Crippen LogP contribution in [0.3, 0.4) is 0 Å². The van der Waals surface area contributed by atoms with Gasteiger partial charge in [0, 0.05) is 0 Å². The standard InChI is InChI=1S/C24H30O8/c1-2-28-24(25)18-27-15-19-16-31-22-9-5-3-7-20(22)29-13-11-26-12-14-30-21-8-4-6-10-23(21)32-17-19/h3-10,19H,2,11-18H2,1H3. The molecule has 0 unspecified atom stereocenters. The Balaban J connectivity index is 1.69. The largest absolute Gasteiger partial charge is 0.489 e. The fourth-order valence-electron chi connectivity index (χ4n) is 2.97. The molecule has 2 aromatic carbocycles. The van der Waals surface area contributed by atoms with Crippen LogP contribution < -0.4 is 18.9 Å². The molecular formula is C24H30O8. The van der Waals surface area contributed by atoms with Crippen LogP contribution in [0.5, 0.6) is 23.0 Å². The number of esters is 1. The highest BCUT2D eigenvalue weighted by Gasteiger charge is 2.16. The van der Waals surface area contributed by atoms with Gasteiger partial charge in [-0.25, -0.2) is 4.79 Å². The Labute approximate surface area is 188 Å². The molecule has 0 bridgehead atoms. The van der Waals surface area contributed by atoms with Crippen LogP contribution in [0.1, 0.15) is 6.92 Å². The molecule has 0 aliphatic carbocycles. The number of ether oxygens (including phenoxy) is 7. The van der Waals surface area contributed by atoms with Crippen LogP contribution in [-0.4, -0.2) is 65.4 Å². The molecule has 0 atom stereocenters. The third kappa shape index (κ3) is 7.94. The van der Waals surface area contributed by atoms with Crippen molar-refractivity contribution in [3.63, 3.8) is 0 Å². The molecule has 1 aliphatic rings. The molecule has 0 N–H and O–H groups in total. The average Bonchev–Trinajstić information content (AvgIpc) is 2.80. The second-order valence-electron chi connectivity index (χ2n) is 7.01. The molecule has 0 amide bonds. The lowest BCUT2D eigenvalue weighted by Crippen LogP contribution is -2.27. The van der Waals surface area contributed by atoms with Crippen molar-refractivity contribution >= 4 is 5.97 Å². The first-order valence-corrected chi connectivity index (χ1v) is 10.8. The maximum Gasteiger partial charge on any atom is 0.332 e. The fraction of sp³-hybridized carbons (Fsp3) is 0.458. The summed E-state index contributed by atoms with van der Waals surface area (Å²) in [6, 6.07) is 14.9. The van der Waals surface area contributed by atoms with Crippen molar-refractivity contribution in [2.45, 2.75) is 6.92 Å². The minimum atomic E-state index is -0.401. The number of para-hydroxylation sites is 4. The predicted octanol–water partition coefficient (Wildman–Crippen LogP) is 3.13. The summed E-state index contributed by atoms with van der Waals surface area (Å²) in [5, 5.41) is 0. The summed E-state index contributed by atoms with van der Waals surface area (Å²) in [6.45, 7) is 4.48. The van der Waals surface area contributed by atoms with Gasteiger partial charge < -0.3 is 33.2 Å². The maximum absolute atomic E-state index is 11.6. The third-order valence-corrected chi connectivity index (χ3v) is 4.50. The molecular weight excluding hydrogens is 416 g/mol. The van der Waals surface area contributed by atoms with Crippen molar-refractivity contribution < 1.29 is 38.0 Å². The van der Waals surface area contributed by atoms with Gasteiger partial charge in [0.2, 0.25) is 0 Å². The molecule has 32 heavy (non-hydrogen) atoms. The van der Waals surface area contributed by atoms with Crippen LogP contribution in [0.25, 0.3) is 0 Å². The van der Waals surface area contributed by atoms with Crippen LogP contribution in [0.4, 0.5) is 0 Å². The van der Waals surface area contributed by atoms with E-state index in [-0.39, 0.29) is 19.1 Å². The lowest BCUT2D eigenvalue weighted by Gasteiger charge is -2.21. The predicted molar refractivity (Wildman–Crippen MR) is 117 cm³/mol. The summed E-state index contributed by atoms with van der Waals surface area (Å²) in [7, 11) is 0. The molecule has 8 nitrogen and oxygen atoms in total. The van der Waals surface area contributed by atoms with Crippen molar-refractivity contribution in [2.75, 3.05) is 59.5 Å². The zero-order valence-corrected chi connectivity index (χ0v) is 18.3. The Morgan fingerprint density at radius 1 is 0.812 bits per heavy atom. The van der Waals surface area contributed by atoms with Crippen LogP contribution >= 0.6 is 0 Å². The highest BCUT2D eigenvalue weighted by molar-refractivity contribution is 5.70. The molecule has 0 saturated carbocycles. The van der Waals surface area contributed by atoms with Crippen molar-refractivity contribution in [2.24, 2.45) is 5.92 Å². The van der Waals surface area contributed by atoms with E-state index in [0.717, 1.165) is 0 Å². The van der Waals surface area contributed by atoms with Gasteiger partial charge in [0.25, 0.3) is 0 Å². The van der Waals surface area contributed by atoms with Crippen LogP contribution in [0, 0.1) is 5.92 Å². The van der Waals surface area contributed by atoms with Crippen LogP contribution in [0.2, 0.25) is 0 Å².